The minimum absolute atomic E-state index is 0.252. The number of carbonyl (C=O) groups is 1. The maximum Gasteiger partial charge on any atom is 0.320 e. The van der Waals surface area contributed by atoms with Gasteiger partial charge in [0.25, 0.3) is 0 Å². The standard InChI is InChI=1S/C13H24N4O/c18-13(16-5-3-14-4-6-16)17-9-7-15(8-10-17)11-12-1-2-12/h12,14H,1-11H2. The van der Waals surface area contributed by atoms with Crippen LogP contribution in [0.5, 0.6) is 0 Å². The number of piperazine rings is 2. The highest BCUT2D eigenvalue weighted by Crippen LogP contribution is 2.29. The lowest BCUT2D eigenvalue weighted by molar-refractivity contribution is 0.107. The molecule has 2 heterocycles. The van der Waals surface area contributed by atoms with Crippen molar-refractivity contribution in [2.24, 2.45) is 5.92 Å². The normalized spacial score (nSPS) is 26.4. The molecule has 2 aliphatic heterocycles. The molecule has 3 aliphatic rings. The number of hydrogen-bond acceptors (Lipinski definition) is 3. The summed E-state index contributed by atoms with van der Waals surface area (Å²) in [4.78, 5) is 18.9. The molecule has 0 bridgehead atoms. The van der Waals surface area contributed by atoms with Crippen LogP contribution in [0, 0.1) is 5.92 Å². The summed E-state index contributed by atoms with van der Waals surface area (Å²) < 4.78 is 0. The van der Waals surface area contributed by atoms with Crippen LogP contribution in [0.1, 0.15) is 12.8 Å². The van der Waals surface area contributed by atoms with Crippen molar-refractivity contribution in [3.63, 3.8) is 0 Å². The van der Waals surface area contributed by atoms with Gasteiger partial charge in [-0.3, -0.25) is 4.90 Å². The van der Waals surface area contributed by atoms with E-state index in [0.29, 0.717) is 0 Å². The van der Waals surface area contributed by atoms with E-state index in [9.17, 15) is 4.79 Å². The van der Waals surface area contributed by atoms with Crippen molar-refractivity contribution < 1.29 is 4.79 Å². The Morgan fingerprint density at radius 2 is 1.56 bits per heavy atom. The molecule has 18 heavy (non-hydrogen) atoms. The smallest absolute Gasteiger partial charge is 0.320 e. The lowest BCUT2D eigenvalue weighted by Crippen LogP contribution is -2.56. The van der Waals surface area contributed by atoms with Crippen molar-refractivity contribution in [1.29, 1.82) is 0 Å². The van der Waals surface area contributed by atoms with Crippen LogP contribution < -0.4 is 5.32 Å². The average Bonchev–Trinajstić information content (AvgIpc) is 3.24. The topological polar surface area (TPSA) is 38.8 Å². The lowest BCUT2D eigenvalue weighted by atomic mass is 10.3. The van der Waals surface area contributed by atoms with Gasteiger partial charge in [-0.2, -0.15) is 0 Å². The second-order valence-electron chi connectivity index (χ2n) is 5.75. The van der Waals surface area contributed by atoms with Gasteiger partial charge in [0.1, 0.15) is 0 Å². The predicted octanol–water partition coefficient (Wildman–Crippen LogP) is 0.0392. The van der Waals surface area contributed by atoms with E-state index < -0.39 is 0 Å². The van der Waals surface area contributed by atoms with E-state index in [-0.39, 0.29) is 6.03 Å². The molecule has 2 amide bonds. The number of nitrogens with zero attached hydrogens (tertiary/aromatic N) is 3. The first-order chi connectivity index (χ1) is 8.83. The van der Waals surface area contributed by atoms with Gasteiger partial charge >= 0.3 is 6.03 Å². The Kier molecular flexibility index (Phi) is 3.70. The van der Waals surface area contributed by atoms with Gasteiger partial charge in [-0.1, -0.05) is 0 Å². The van der Waals surface area contributed by atoms with Gasteiger partial charge in [-0.05, 0) is 18.8 Å². The zero-order valence-electron chi connectivity index (χ0n) is 11.1. The van der Waals surface area contributed by atoms with Gasteiger partial charge in [0.15, 0.2) is 0 Å². The Balaban J connectivity index is 1.44. The molecule has 0 aromatic rings. The summed E-state index contributed by atoms with van der Waals surface area (Å²) in [6.07, 6.45) is 2.83. The average molecular weight is 252 g/mol. The number of rotatable bonds is 2. The first-order valence-electron chi connectivity index (χ1n) is 7.30. The minimum Gasteiger partial charge on any atom is -0.322 e. The van der Waals surface area contributed by atoms with Gasteiger partial charge in [0, 0.05) is 58.9 Å². The zero-order chi connectivity index (χ0) is 12.4. The molecule has 0 aromatic carbocycles. The van der Waals surface area contributed by atoms with E-state index >= 15 is 0 Å². The molecule has 3 fully saturated rings. The van der Waals surface area contributed by atoms with Crippen LogP contribution in [0.25, 0.3) is 0 Å². The number of carbonyl (C=O) groups excluding carboxylic acids is 1. The van der Waals surface area contributed by atoms with E-state index in [0.717, 1.165) is 58.3 Å². The molecule has 102 valence electrons. The summed E-state index contributed by atoms with van der Waals surface area (Å²) in [7, 11) is 0. The minimum atomic E-state index is 0.252. The molecule has 2 saturated heterocycles. The summed E-state index contributed by atoms with van der Waals surface area (Å²) >= 11 is 0. The van der Waals surface area contributed by atoms with E-state index in [2.05, 4.69) is 10.2 Å². The summed E-state index contributed by atoms with van der Waals surface area (Å²) in [6.45, 7) is 8.81. The Labute approximate surface area is 109 Å². The molecule has 1 N–H and O–H groups in total. The van der Waals surface area contributed by atoms with Gasteiger partial charge in [0.05, 0.1) is 0 Å². The van der Waals surface area contributed by atoms with Crippen molar-refractivity contribution in [2.45, 2.75) is 12.8 Å². The van der Waals surface area contributed by atoms with Crippen molar-refractivity contribution in [3.05, 3.63) is 0 Å². The van der Waals surface area contributed by atoms with Gasteiger partial charge in [-0.15, -0.1) is 0 Å². The van der Waals surface area contributed by atoms with Crippen molar-refractivity contribution in [3.8, 4) is 0 Å². The molecular formula is C13H24N4O. The first kappa shape index (κ1) is 12.2. The third kappa shape index (κ3) is 2.95. The molecule has 0 unspecified atom stereocenters. The highest BCUT2D eigenvalue weighted by molar-refractivity contribution is 5.74. The third-order valence-electron chi connectivity index (χ3n) is 4.24. The monoisotopic (exact) mass is 252 g/mol. The van der Waals surface area contributed by atoms with E-state index in [1.54, 1.807) is 0 Å². The molecule has 0 atom stereocenters. The molecule has 0 aromatic heterocycles. The highest BCUT2D eigenvalue weighted by Gasteiger charge is 2.29. The first-order valence-corrected chi connectivity index (χ1v) is 7.30. The molecule has 1 aliphatic carbocycles. The van der Waals surface area contributed by atoms with E-state index in [4.69, 9.17) is 0 Å². The molecule has 0 spiro atoms. The Hall–Kier alpha value is -0.810. The summed E-state index contributed by atoms with van der Waals surface area (Å²) in [6, 6.07) is 0.252. The highest BCUT2D eigenvalue weighted by atomic mass is 16.2. The van der Waals surface area contributed by atoms with Crippen LogP contribution in [0.15, 0.2) is 0 Å². The largest absolute Gasteiger partial charge is 0.322 e. The van der Waals surface area contributed by atoms with Crippen LogP contribution in [0.4, 0.5) is 4.79 Å². The second-order valence-corrected chi connectivity index (χ2v) is 5.75. The fourth-order valence-corrected chi connectivity index (χ4v) is 2.84. The van der Waals surface area contributed by atoms with Crippen molar-refractivity contribution in [1.82, 2.24) is 20.0 Å². The third-order valence-corrected chi connectivity index (χ3v) is 4.24. The Bertz CT molecular complexity index is 291. The van der Waals surface area contributed by atoms with E-state index in [1.807, 2.05) is 9.80 Å². The number of amides is 2. The lowest BCUT2D eigenvalue weighted by Gasteiger charge is -2.38. The molecule has 3 rings (SSSR count). The Morgan fingerprint density at radius 3 is 2.17 bits per heavy atom. The summed E-state index contributed by atoms with van der Waals surface area (Å²) in [5, 5.41) is 3.29. The van der Waals surface area contributed by atoms with Gasteiger partial charge in [-0.25, -0.2) is 4.79 Å². The van der Waals surface area contributed by atoms with Crippen LogP contribution in [0.3, 0.4) is 0 Å². The maximum atomic E-state index is 12.3. The SMILES string of the molecule is O=C(N1CCNCC1)N1CCN(CC2CC2)CC1. The second kappa shape index (κ2) is 5.45. The molecule has 5 heteroatoms. The molecule has 0 radical (unpaired) electrons. The molecular weight excluding hydrogens is 228 g/mol. The molecule has 5 nitrogen and oxygen atoms in total. The fraction of sp³-hybridized carbons (Fsp3) is 0.923. The van der Waals surface area contributed by atoms with Gasteiger partial charge in [0.2, 0.25) is 0 Å². The number of hydrogen-bond donors (Lipinski definition) is 1. The Morgan fingerprint density at radius 1 is 0.944 bits per heavy atom. The van der Waals surface area contributed by atoms with Crippen molar-refractivity contribution >= 4 is 6.03 Å². The fourth-order valence-electron chi connectivity index (χ4n) is 2.84. The van der Waals surface area contributed by atoms with Crippen LogP contribution >= 0.6 is 0 Å². The summed E-state index contributed by atoms with van der Waals surface area (Å²) in [5.41, 5.74) is 0. The predicted molar refractivity (Wildman–Crippen MR) is 70.6 cm³/mol. The van der Waals surface area contributed by atoms with Crippen LogP contribution in [-0.4, -0.2) is 79.6 Å². The number of nitrogens with one attached hydrogen (secondary N) is 1. The quantitative estimate of drug-likeness (QED) is 0.754. The van der Waals surface area contributed by atoms with E-state index in [1.165, 1.54) is 19.4 Å². The number of urea groups is 1. The van der Waals surface area contributed by atoms with Crippen LogP contribution in [0.2, 0.25) is 0 Å². The zero-order valence-corrected chi connectivity index (χ0v) is 11.1. The molecule has 1 saturated carbocycles. The van der Waals surface area contributed by atoms with Crippen molar-refractivity contribution in [2.75, 3.05) is 58.9 Å². The maximum absolute atomic E-state index is 12.3. The summed E-state index contributed by atoms with van der Waals surface area (Å²) in [5.74, 6) is 0.959. The van der Waals surface area contributed by atoms with Gasteiger partial charge < -0.3 is 15.1 Å². The van der Waals surface area contributed by atoms with Crippen LogP contribution in [-0.2, 0) is 0 Å².